The average Bonchev–Trinajstić information content (AvgIpc) is 2.33. The number of allylic oxidation sites excluding steroid dienone is 1. The molecule has 0 aliphatic rings. The van der Waals surface area contributed by atoms with Crippen molar-refractivity contribution in [3.63, 3.8) is 0 Å². The van der Waals surface area contributed by atoms with Crippen LogP contribution in [0.5, 0.6) is 0 Å². The summed E-state index contributed by atoms with van der Waals surface area (Å²) in [6.45, 7) is 5.73. The maximum absolute atomic E-state index is 11.9. The second kappa shape index (κ2) is 6.45. The number of nitriles is 1. The van der Waals surface area contributed by atoms with Crippen molar-refractivity contribution in [2.45, 2.75) is 20.8 Å². The minimum absolute atomic E-state index is 0.0000954. The smallest absolute Gasteiger partial charge is 0.269 e. The van der Waals surface area contributed by atoms with Gasteiger partial charge in [-0.3, -0.25) is 4.79 Å². The van der Waals surface area contributed by atoms with E-state index in [9.17, 15) is 4.79 Å². The Labute approximate surface area is 107 Å². The number of benzene rings is 1. The Balaban J connectivity index is 2.92. The molecule has 1 N–H and O–H groups in total. The lowest BCUT2D eigenvalue weighted by Crippen LogP contribution is -2.16. The first-order valence-electron chi connectivity index (χ1n) is 5.70. The quantitative estimate of drug-likeness (QED) is 0.503. The molecule has 1 aromatic rings. The van der Waals surface area contributed by atoms with Gasteiger partial charge in [-0.05, 0) is 32.4 Å². The van der Waals surface area contributed by atoms with Crippen molar-refractivity contribution in [3.8, 4) is 6.07 Å². The van der Waals surface area contributed by atoms with Gasteiger partial charge in [0.25, 0.3) is 5.91 Å². The van der Waals surface area contributed by atoms with E-state index >= 15 is 0 Å². The summed E-state index contributed by atoms with van der Waals surface area (Å²) in [6, 6.07) is 9.26. The van der Waals surface area contributed by atoms with Gasteiger partial charge in [0.2, 0.25) is 0 Å². The van der Waals surface area contributed by atoms with Crippen LogP contribution in [0, 0.1) is 18.3 Å². The lowest BCUT2D eigenvalue weighted by molar-refractivity contribution is -0.112. The summed E-state index contributed by atoms with van der Waals surface area (Å²) in [5.74, 6) is -0.108. The molecule has 0 bridgehead atoms. The molecule has 0 saturated carbocycles. The second-order valence-electron chi connectivity index (χ2n) is 3.75. The van der Waals surface area contributed by atoms with E-state index in [1.54, 1.807) is 19.9 Å². The summed E-state index contributed by atoms with van der Waals surface area (Å²) in [5, 5.41) is 11.7. The molecule has 0 aliphatic heterocycles. The van der Waals surface area contributed by atoms with Crippen LogP contribution < -0.4 is 5.32 Å². The third-order valence-electron chi connectivity index (χ3n) is 2.45. The second-order valence-corrected chi connectivity index (χ2v) is 3.75. The first kappa shape index (κ1) is 13.8. The number of rotatable bonds is 4. The summed E-state index contributed by atoms with van der Waals surface area (Å²) < 4.78 is 5.18. The SMILES string of the molecule is CCO/C(C)=C(\C#N)C(=O)Nc1ccccc1C. The minimum atomic E-state index is -0.447. The van der Waals surface area contributed by atoms with E-state index in [4.69, 9.17) is 10.00 Å². The molecule has 0 spiro atoms. The van der Waals surface area contributed by atoms with Gasteiger partial charge in [0.15, 0.2) is 5.57 Å². The fraction of sp³-hybridized carbons (Fsp3) is 0.286. The molecule has 94 valence electrons. The first-order chi connectivity index (χ1) is 8.60. The number of anilines is 1. The number of carbonyl (C=O) groups is 1. The zero-order chi connectivity index (χ0) is 13.5. The normalized spacial score (nSPS) is 11.2. The maximum Gasteiger partial charge on any atom is 0.269 e. The van der Waals surface area contributed by atoms with Crippen LogP contribution in [0.25, 0.3) is 0 Å². The zero-order valence-electron chi connectivity index (χ0n) is 10.8. The van der Waals surface area contributed by atoms with Crippen molar-refractivity contribution in [1.29, 1.82) is 5.26 Å². The highest BCUT2D eigenvalue weighted by Gasteiger charge is 2.14. The Hall–Kier alpha value is -2.28. The van der Waals surface area contributed by atoms with E-state index in [1.807, 2.05) is 31.2 Å². The Bertz CT molecular complexity index is 513. The van der Waals surface area contributed by atoms with Crippen LogP contribution in [0.15, 0.2) is 35.6 Å². The molecule has 0 heterocycles. The average molecular weight is 244 g/mol. The highest BCUT2D eigenvalue weighted by molar-refractivity contribution is 6.07. The molecule has 0 aromatic heterocycles. The molecule has 4 heteroatoms. The molecule has 0 fully saturated rings. The van der Waals surface area contributed by atoms with E-state index in [0.717, 1.165) is 5.56 Å². The Morgan fingerprint density at radius 2 is 2.11 bits per heavy atom. The molecule has 1 rings (SSSR count). The molecule has 0 atom stereocenters. The number of carbonyl (C=O) groups excluding carboxylic acids is 1. The fourth-order valence-electron chi connectivity index (χ4n) is 1.48. The van der Waals surface area contributed by atoms with Gasteiger partial charge in [-0.25, -0.2) is 0 Å². The zero-order valence-corrected chi connectivity index (χ0v) is 10.8. The molecule has 1 amide bonds. The van der Waals surface area contributed by atoms with Crippen LogP contribution >= 0.6 is 0 Å². The van der Waals surface area contributed by atoms with Gasteiger partial charge in [-0.1, -0.05) is 18.2 Å². The Kier molecular flexibility index (Phi) is 4.94. The van der Waals surface area contributed by atoms with Crippen LogP contribution in [0.4, 0.5) is 5.69 Å². The standard InChI is InChI=1S/C14H16N2O2/c1-4-18-11(3)12(9-15)14(17)16-13-8-6-5-7-10(13)2/h5-8H,4H2,1-3H3,(H,16,17)/b12-11+. The highest BCUT2D eigenvalue weighted by Crippen LogP contribution is 2.15. The topological polar surface area (TPSA) is 62.1 Å². The first-order valence-corrected chi connectivity index (χ1v) is 5.70. The number of hydrogen-bond acceptors (Lipinski definition) is 3. The number of hydrogen-bond donors (Lipinski definition) is 1. The van der Waals surface area contributed by atoms with Crippen LogP contribution in [0.2, 0.25) is 0 Å². The van der Waals surface area contributed by atoms with Gasteiger partial charge in [0.05, 0.1) is 6.61 Å². The van der Waals surface area contributed by atoms with Gasteiger partial charge in [-0.2, -0.15) is 5.26 Å². The van der Waals surface area contributed by atoms with Gasteiger partial charge in [-0.15, -0.1) is 0 Å². The molecular weight excluding hydrogens is 228 g/mol. The van der Waals surface area contributed by atoms with Gasteiger partial charge < -0.3 is 10.1 Å². The van der Waals surface area contributed by atoms with E-state index < -0.39 is 5.91 Å². The lowest BCUT2D eigenvalue weighted by atomic mass is 10.2. The Morgan fingerprint density at radius 1 is 1.44 bits per heavy atom. The van der Waals surface area contributed by atoms with Gasteiger partial charge in [0.1, 0.15) is 11.8 Å². The van der Waals surface area contributed by atoms with Crippen molar-refractivity contribution >= 4 is 11.6 Å². The van der Waals surface area contributed by atoms with Crippen LogP contribution in [0.3, 0.4) is 0 Å². The highest BCUT2D eigenvalue weighted by atomic mass is 16.5. The van der Waals surface area contributed by atoms with E-state index in [1.165, 1.54) is 0 Å². The molecule has 0 aliphatic carbocycles. The minimum Gasteiger partial charge on any atom is -0.497 e. The number of para-hydroxylation sites is 1. The van der Waals surface area contributed by atoms with E-state index in [-0.39, 0.29) is 5.57 Å². The van der Waals surface area contributed by atoms with Crippen LogP contribution in [-0.2, 0) is 9.53 Å². The largest absolute Gasteiger partial charge is 0.497 e. The summed E-state index contributed by atoms with van der Waals surface area (Å²) in [5.41, 5.74) is 1.64. The number of nitrogens with one attached hydrogen (secondary N) is 1. The summed E-state index contributed by atoms with van der Waals surface area (Å²) in [4.78, 5) is 11.9. The van der Waals surface area contributed by atoms with Crippen LogP contribution in [-0.4, -0.2) is 12.5 Å². The predicted molar refractivity (Wildman–Crippen MR) is 69.7 cm³/mol. The third-order valence-corrected chi connectivity index (χ3v) is 2.45. The van der Waals surface area contributed by atoms with Gasteiger partial charge in [0, 0.05) is 5.69 Å². The van der Waals surface area contributed by atoms with Crippen molar-refractivity contribution in [2.75, 3.05) is 11.9 Å². The molecule has 0 radical (unpaired) electrons. The lowest BCUT2D eigenvalue weighted by Gasteiger charge is -2.09. The molecular formula is C14H16N2O2. The van der Waals surface area contributed by atoms with Gasteiger partial charge >= 0.3 is 0 Å². The summed E-state index contributed by atoms with van der Waals surface area (Å²) in [6.07, 6.45) is 0. The molecule has 18 heavy (non-hydrogen) atoms. The van der Waals surface area contributed by atoms with Crippen molar-refractivity contribution in [3.05, 3.63) is 41.2 Å². The van der Waals surface area contributed by atoms with Crippen molar-refractivity contribution in [2.24, 2.45) is 0 Å². The number of ether oxygens (including phenoxy) is 1. The van der Waals surface area contributed by atoms with Crippen molar-refractivity contribution < 1.29 is 9.53 Å². The monoisotopic (exact) mass is 244 g/mol. The fourth-order valence-corrected chi connectivity index (χ4v) is 1.48. The number of nitrogens with zero attached hydrogens (tertiary/aromatic N) is 1. The predicted octanol–water partition coefficient (Wildman–Crippen LogP) is 2.77. The van der Waals surface area contributed by atoms with E-state index in [2.05, 4.69) is 5.32 Å². The molecule has 1 aromatic carbocycles. The number of aryl methyl sites for hydroxylation is 1. The third kappa shape index (κ3) is 3.36. The number of amides is 1. The van der Waals surface area contributed by atoms with Crippen LogP contribution in [0.1, 0.15) is 19.4 Å². The summed E-state index contributed by atoms with van der Waals surface area (Å²) >= 11 is 0. The Morgan fingerprint density at radius 3 is 2.67 bits per heavy atom. The molecule has 4 nitrogen and oxygen atoms in total. The maximum atomic E-state index is 11.9. The summed E-state index contributed by atoms with van der Waals surface area (Å²) in [7, 11) is 0. The van der Waals surface area contributed by atoms with E-state index in [0.29, 0.717) is 18.1 Å². The molecule has 0 saturated heterocycles. The molecule has 0 unspecified atom stereocenters. The van der Waals surface area contributed by atoms with Crippen molar-refractivity contribution in [1.82, 2.24) is 0 Å².